The number of benzene rings is 1. The lowest BCUT2D eigenvalue weighted by Gasteiger charge is -2.37. The number of hydrogen-bond donors (Lipinski definition) is 0. The highest BCUT2D eigenvalue weighted by Gasteiger charge is 2.18. The summed E-state index contributed by atoms with van der Waals surface area (Å²) in [7, 11) is 0. The Balaban J connectivity index is 1.99. The lowest BCUT2D eigenvalue weighted by Crippen LogP contribution is -2.46. The Labute approximate surface area is 109 Å². The van der Waals surface area contributed by atoms with Crippen LogP contribution in [0.2, 0.25) is 5.02 Å². The van der Waals surface area contributed by atoms with Crippen molar-refractivity contribution in [3.63, 3.8) is 0 Å². The fraction of sp³-hybridized carbons (Fsp3) is 0.571. The average Bonchev–Trinajstić information content (AvgIpc) is 2.29. The van der Waals surface area contributed by atoms with Gasteiger partial charge in [0.1, 0.15) is 0 Å². The molecule has 94 valence electrons. The summed E-state index contributed by atoms with van der Waals surface area (Å²) in [6.07, 6.45) is 1.25. The van der Waals surface area contributed by atoms with E-state index in [1.165, 1.54) is 25.2 Å². The Morgan fingerprint density at radius 3 is 2.53 bits per heavy atom. The Bertz CT molecular complexity index is 348. The fourth-order valence-electron chi connectivity index (χ4n) is 2.40. The maximum atomic E-state index is 5.92. The molecule has 0 bridgehead atoms. The van der Waals surface area contributed by atoms with Crippen molar-refractivity contribution in [3.05, 3.63) is 29.3 Å². The lowest BCUT2D eigenvalue weighted by molar-refractivity contribution is 0.216. The normalized spacial score (nSPS) is 17.8. The molecule has 0 radical (unpaired) electrons. The van der Waals surface area contributed by atoms with Crippen molar-refractivity contribution in [2.45, 2.75) is 20.3 Å². The van der Waals surface area contributed by atoms with Gasteiger partial charge in [0.15, 0.2) is 0 Å². The van der Waals surface area contributed by atoms with Crippen LogP contribution in [0.15, 0.2) is 24.3 Å². The first kappa shape index (κ1) is 12.7. The van der Waals surface area contributed by atoms with E-state index in [0.29, 0.717) is 0 Å². The number of rotatable bonds is 3. The zero-order chi connectivity index (χ0) is 12.3. The van der Waals surface area contributed by atoms with Gasteiger partial charge in [0.2, 0.25) is 0 Å². The second-order valence-corrected chi connectivity index (χ2v) is 5.64. The molecule has 1 aliphatic rings. The summed E-state index contributed by atoms with van der Waals surface area (Å²) in [5.41, 5.74) is 1.28. The van der Waals surface area contributed by atoms with E-state index in [2.05, 4.69) is 35.8 Å². The molecule has 1 aliphatic heterocycles. The third-order valence-corrected chi connectivity index (χ3v) is 3.34. The molecular weight excluding hydrogens is 232 g/mol. The molecule has 1 aromatic rings. The van der Waals surface area contributed by atoms with Gasteiger partial charge in [-0.2, -0.15) is 0 Å². The molecule has 0 unspecified atom stereocenters. The van der Waals surface area contributed by atoms with Crippen LogP contribution in [0.3, 0.4) is 0 Å². The summed E-state index contributed by atoms with van der Waals surface area (Å²) >= 11 is 5.92. The molecule has 2 nitrogen and oxygen atoms in total. The van der Waals surface area contributed by atoms with Crippen LogP contribution in [0.25, 0.3) is 0 Å². The van der Waals surface area contributed by atoms with Crippen LogP contribution in [-0.4, -0.2) is 31.2 Å². The monoisotopic (exact) mass is 252 g/mol. The van der Waals surface area contributed by atoms with Crippen molar-refractivity contribution < 1.29 is 0 Å². The predicted molar refractivity (Wildman–Crippen MR) is 74.7 cm³/mol. The van der Waals surface area contributed by atoms with E-state index in [-0.39, 0.29) is 0 Å². The molecule has 3 heteroatoms. The molecule has 17 heavy (non-hydrogen) atoms. The summed E-state index contributed by atoms with van der Waals surface area (Å²) in [4.78, 5) is 4.96. The Morgan fingerprint density at radius 2 is 1.88 bits per heavy atom. The third kappa shape index (κ3) is 3.62. The minimum atomic E-state index is 0.736. The van der Waals surface area contributed by atoms with Gasteiger partial charge >= 0.3 is 0 Å². The van der Waals surface area contributed by atoms with Gasteiger partial charge in [0, 0.05) is 30.3 Å². The number of nitrogens with zero attached hydrogens (tertiary/aromatic N) is 2. The van der Waals surface area contributed by atoms with Crippen molar-refractivity contribution in [1.29, 1.82) is 0 Å². The van der Waals surface area contributed by atoms with Gasteiger partial charge in [-0.3, -0.25) is 4.90 Å². The van der Waals surface area contributed by atoms with Gasteiger partial charge in [0.05, 0.1) is 6.67 Å². The van der Waals surface area contributed by atoms with E-state index in [4.69, 9.17) is 11.6 Å². The lowest BCUT2D eigenvalue weighted by atomic mass is 10.2. The summed E-state index contributed by atoms with van der Waals surface area (Å²) < 4.78 is 0. The molecule has 0 amide bonds. The van der Waals surface area contributed by atoms with Crippen LogP contribution >= 0.6 is 11.6 Å². The first-order valence-corrected chi connectivity index (χ1v) is 6.76. The van der Waals surface area contributed by atoms with Gasteiger partial charge in [-0.15, -0.1) is 0 Å². The molecular formula is C14H21ClN2. The smallest absolute Gasteiger partial charge is 0.0707 e. The molecule has 2 rings (SSSR count). The molecule has 1 heterocycles. The van der Waals surface area contributed by atoms with Crippen molar-refractivity contribution in [1.82, 2.24) is 4.90 Å². The first-order valence-electron chi connectivity index (χ1n) is 6.38. The average molecular weight is 253 g/mol. The van der Waals surface area contributed by atoms with E-state index >= 15 is 0 Å². The summed E-state index contributed by atoms with van der Waals surface area (Å²) in [5.74, 6) is 0.736. The molecule has 1 saturated heterocycles. The van der Waals surface area contributed by atoms with Crippen molar-refractivity contribution in [2.75, 3.05) is 31.2 Å². The van der Waals surface area contributed by atoms with Crippen LogP contribution in [0, 0.1) is 5.92 Å². The Morgan fingerprint density at radius 1 is 1.18 bits per heavy atom. The Hall–Kier alpha value is -0.730. The van der Waals surface area contributed by atoms with Crippen LogP contribution in [0.5, 0.6) is 0 Å². The summed E-state index contributed by atoms with van der Waals surface area (Å²) in [6, 6.07) is 8.17. The van der Waals surface area contributed by atoms with E-state index in [1.807, 2.05) is 12.1 Å². The second kappa shape index (κ2) is 5.74. The number of anilines is 1. The summed E-state index contributed by atoms with van der Waals surface area (Å²) in [5, 5.41) is 0.810. The molecule has 1 aromatic carbocycles. The third-order valence-electron chi connectivity index (χ3n) is 3.09. The SMILES string of the molecule is CC(C)CN1CCCN(c2ccc(Cl)cc2)C1. The molecule has 0 spiro atoms. The minimum absolute atomic E-state index is 0.736. The Kier molecular flexibility index (Phi) is 4.30. The highest BCUT2D eigenvalue weighted by Crippen LogP contribution is 2.21. The second-order valence-electron chi connectivity index (χ2n) is 5.21. The van der Waals surface area contributed by atoms with Gasteiger partial charge in [-0.05, 0) is 36.6 Å². The molecule has 0 saturated carbocycles. The fourth-order valence-corrected chi connectivity index (χ4v) is 2.52. The van der Waals surface area contributed by atoms with Gasteiger partial charge in [0.25, 0.3) is 0 Å². The largest absolute Gasteiger partial charge is 0.358 e. The van der Waals surface area contributed by atoms with Crippen LogP contribution in [0.1, 0.15) is 20.3 Å². The first-order chi connectivity index (χ1) is 8.15. The van der Waals surface area contributed by atoms with Crippen LogP contribution in [-0.2, 0) is 0 Å². The van der Waals surface area contributed by atoms with E-state index in [9.17, 15) is 0 Å². The zero-order valence-electron chi connectivity index (χ0n) is 10.7. The maximum Gasteiger partial charge on any atom is 0.0707 e. The van der Waals surface area contributed by atoms with Crippen molar-refractivity contribution in [3.8, 4) is 0 Å². The molecule has 0 aromatic heterocycles. The topological polar surface area (TPSA) is 6.48 Å². The highest BCUT2D eigenvalue weighted by molar-refractivity contribution is 6.30. The standard InChI is InChI=1S/C14H21ClN2/c1-12(2)10-16-8-3-9-17(11-16)14-6-4-13(15)5-7-14/h4-7,12H,3,8-11H2,1-2H3. The number of halogens is 1. The maximum absolute atomic E-state index is 5.92. The molecule has 1 fully saturated rings. The molecule has 0 aliphatic carbocycles. The van der Waals surface area contributed by atoms with Crippen LogP contribution in [0.4, 0.5) is 5.69 Å². The van der Waals surface area contributed by atoms with Crippen LogP contribution < -0.4 is 4.90 Å². The minimum Gasteiger partial charge on any atom is -0.358 e. The molecule has 0 N–H and O–H groups in total. The highest BCUT2D eigenvalue weighted by atomic mass is 35.5. The summed E-state index contributed by atoms with van der Waals surface area (Å²) in [6.45, 7) is 9.16. The predicted octanol–water partition coefficient (Wildman–Crippen LogP) is 3.47. The van der Waals surface area contributed by atoms with E-state index < -0.39 is 0 Å². The quantitative estimate of drug-likeness (QED) is 0.813. The number of hydrogen-bond acceptors (Lipinski definition) is 2. The van der Waals surface area contributed by atoms with Gasteiger partial charge < -0.3 is 4.90 Å². The van der Waals surface area contributed by atoms with Crippen molar-refractivity contribution in [2.24, 2.45) is 5.92 Å². The van der Waals surface area contributed by atoms with Crippen molar-refractivity contribution >= 4 is 17.3 Å². The van der Waals surface area contributed by atoms with E-state index in [1.54, 1.807) is 0 Å². The van der Waals surface area contributed by atoms with E-state index in [0.717, 1.165) is 24.2 Å². The zero-order valence-corrected chi connectivity index (χ0v) is 11.5. The van der Waals surface area contributed by atoms with Gasteiger partial charge in [-0.25, -0.2) is 0 Å². The molecule has 0 atom stereocenters. The van der Waals surface area contributed by atoms with Gasteiger partial charge in [-0.1, -0.05) is 25.4 Å².